The van der Waals surface area contributed by atoms with Crippen LogP contribution >= 0.6 is 0 Å². The molecule has 2 rings (SSSR count). The van der Waals surface area contributed by atoms with Gasteiger partial charge in [-0.15, -0.1) is 0 Å². The molecule has 94 valence electrons. The Morgan fingerprint density at radius 2 is 2.06 bits per heavy atom. The van der Waals surface area contributed by atoms with E-state index in [1.54, 1.807) is 6.20 Å². The third-order valence-electron chi connectivity index (χ3n) is 2.68. The van der Waals surface area contributed by atoms with Crippen LogP contribution in [0.1, 0.15) is 24.7 Å². The third kappa shape index (κ3) is 2.45. The number of nitrogen functional groups attached to an aromatic ring is 1. The Balaban J connectivity index is 2.55. The summed E-state index contributed by atoms with van der Waals surface area (Å²) in [6.07, 6.45) is 4.42. The van der Waals surface area contributed by atoms with Gasteiger partial charge in [-0.05, 0) is 19.4 Å². The van der Waals surface area contributed by atoms with Gasteiger partial charge < -0.3 is 5.73 Å². The maximum atomic E-state index is 13.2. The zero-order valence-electron chi connectivity index (χ0n) is 10.4. The van der Waals surface area contributed by atoms with E-state index in [1.807, 2.05) is 13.8 Å². The minimum Gasteiger partial charge on any atom is -0.383 e. The molecule has 0 bridgehead atoms. The smallest absolute Gasteiger partial charge is 0.142 e. The molecule has 2 N–H and O–H groups in total. The number of hydrogen-bond acceptors (Lipinski definition) is 4. The van der Waals surface area contributed by atoms with Crippen molar-refractivity contribution in [1.29, 1.82) is 0 Å². The molecule has 0 spiro atoms. The summed E-state index contributed by atoms with van der Waals surface area (Å²) in [6, 6.07) is 1.40. The lowest BCUT2D eigenvalue weighted by atomic mass is 10.1. The molecule has 0 unspecified atom stereocenters. The van der Waals surface area contributed by atoms with Crippen molar-refractivity contribution in [3.8, 4) is 11.3 Å². The van der Waals surface area contributed by atoms with Crippen molar-refractivity contribution in [2.45, 2.75) is 26.7 Å². The van der Waals surface area contributed by atoms with Crippen molar-refractivity contribution in [3.63, 3.8) is 0 Å². The van der Waals surface area contributed by atoms with Gasteiger partial charge in [0.05, 0.1) is 11.9 Å². The summed E-state index contributed by atoms with van der Waals surface area (Å²) in [5.41, 5.74) is 7.89. The molecule has 0 radical (unpaired) electrons. The molecule has 0 fully saturated rings. The van der Waals surface area contributed by atoms with Crippen molar-refractivity contribution in [3.05, 3.63) is 35.7 Å². The molecule has 2 heterocycles. The first kappa shape index (κ1) is 12.4. The molecule has 0 atom stereocenters. The van der Waals surface area contributed by atoms with Gasteiger partial charge in [-0.2, -0.15) is 0 Å². The van der Waals surface area contributed by atoms with E-state index >= 15 is 0 Å². The summed E-state index contributed by atoms with van der Waals surface area (Å²) in [4.78, 5) is 12.5. The zero-order valence-corrected chi connectivity index (χ0v) is 10.4. The Morgan fingerprint density at radius 3 is 2.72 bits per heavy atom. The second kappa shape index (κ2) is 5.08. The molecule has 0 aliphatic carbocycles. The van der Waals surface area contributed by atoms with E-state index < -0.39 is 0 Å². The van der Waals surface area contributed by atoms with Crippen LogP contribution in [0.3, 0.4) is 0 Å². The van der Waals surface area contributed by atoms with E-state index in [9.17, 15) is 4.39 Å². The van der Waals surface area contributed by atoms with Crippen molar-refractivity contribution < 1.29 is 4.39 Å². The highest BCUT2D eigenvalue weighted by atomic mass is 19.1. The number of halogens is 1. The Labute approximate surface area is 105 Å². The summed E-state index contributed by atoms with van der Waals surface area (Å²) in [5.74, 6) is 0.730. The molecule has 0 aliphatic rings. The summed E-state index contributed by atoms with van der Waals surface area (Å²) < 4.78 is 13.2. The summed E-state index contributed by atoms with van der Waals surface area (Å²) in [6.45, 7) is 3.87. The normalized spacial score (nSPS) is 10.6. The predicted molar refractivity (Wildman–Crippen MR) is 68.4 cm³/mol. The predicted octanol–water partition coefficient (Wildman–Crippen LogP) is 2.52. The van der Waals surface area contributed by atoms with E-state index in [2.05, 4.69) is 15.0 Å². The topological polar surface area (TPSA) is 64.7 Å². The number of rotatable bonds is 3. The number of nitrogens with two attached hydrogens (primary N) is 1. The van der Waals surface area contributed by atoms with Crippen molar-refractivity contribution in [2.24, 2.45) is 0 Å². The fourth-order valence-corrected chi connectivity index (χ4v) is 1.74. The van der Waals surface area contributed by atoms with Crippen LogP contribution in [0.5, 0.6) is 0 Å². The first-order valence-electron chi connectivity index (χ1n) is 5.85. The van der Waals surface area contributed by atoms with E-state index in [0.29, 0.717) is 22.9 Å². The summed E-state index contributed by atoms with van der Waals surface area (Å²) in [5, 5.41) is 0. The van der Waals surface area contributed by atoms with Gasteiger partial charge in [0.25, 0.3) is 0 Å². The lowest BCUT2D eigenvalue weighted by Gasteiger charge is -2.09. The first-order chi connectivity index (χ1) is 8.61. The highest BCUT2D eigenvalue weighted by Crippen LogP contribution is 2.24. The maximum absolute atomic E-state index is 13.2. The van der Waals surface area contributed by atoms with E-state index in [4.69, 9.17) is 5.73 Å². The van der Waals surface area contributed by atoms with Crippen LogP contribution in [-0.4, -0.2) is 15.0 Å². The number of pyridine rings is 1. The molecular weight excluding hydrogens is 231 g/mol. The lowest BCUT2D eigenvalue weighted by Crippen LogP contribution is -2.05. The minimum atomic E-state index is -0.388. The maximum Gasteiger partial charge on any atom is 0.142 e. The monoisotopic (exact) mass is 246 g/mol. The Morgan fingerprint density at radius 1 is 1.28 bits per heavy atom. The van der Waals surface area contributed by atoms with Gasteiger partial charge >= 0.3 is 0 Å². The fraction of sp³-hybridized carbons (Fsp3) is 0.308. The standard InChI is InChI=1S/C13H15FN4/c1-3-4-11-17-12(8(2)13(15)18-11)9-5-10(14)7-16-6-9/h5-7H,3-4H2,1-2H3,(H2,15,17,18). The number of aryl methyl sites for hydroxylation is 1. The summed E-state index contributed by atoms with van der Waals surface area (Å²) >= 11 is 0. The average molecular weight is 246 g/mol. The number of nitrogens with zero attached hydrogens (tertiary/aromatic N) is 3. The number of anilines is 1. The second-order valence-corrected chi connectivity index (χ2v) is 4.14. The van der Waals surface area contributed by atoms with Gasteiger partial charge in [-0.3, -0.25) is 4.98 Å². The highest BCUT2D eigenvalue weighted by Gasteiger charge is 2.11. The molecular formula is C13H15FN4. The lowest BCUT2D eigenvalue weighted by molar-refractivity contribution is 0.622. The van der Waals surface area contributed by atoms with E-state index in [0.717, 1.165) is 24.6 Å². The Hall–Kier alpha value is -2.04. The van der Waals surface area contributed by atoms with Crippen LogP contribution in [0.2, 0.25) is 0 Å². The van der Waals surface area contributed by atoms with Gasteiger partial charge in [-0.1, -0.05) is 6.92 Å². The molecule has 18 heavy (non-hydrogen) atoms. The Bertz CT molecular complexity index is 569. The van der Waals surface area contributed by atoms with Crippen molar-refractivity contribution in [1.82, 2.24) is 15.0 Å². The van der Waals surface area contributed by atoms with Crippen LogP contribution in [0.15, 0.2) is 18.5 Å². The molecule has 0 aromatic carbocycles. The average Bonchev–Trinajstić information content (AvgIpc) is 2.34. The largest absolute Gasteiger partial charge is 0.383 e. The van der Waals surface area contributed by atoms with Crippen LogP contribution in [0.4, 0.5) is 10.2 Å². The molecule has 0 saturated heterocycles. The highest BCUT2D eigenvalue weighted by molar-refractivity contribution is 5.66. The van der Waals surface area contributed by atoms with Crippen molar-refractivity contribution >= 4 is 5.82 Å². The third-order valence-corrected chi connectivity index (χ3v) is 2.68. The summed E-state index contributed by atoms with van der Waals surface area (Å²) in [7, 11) is 0. The minimum absolute atomic E-state index is 0.388. The molecule has 0 saturated carbocycles. The van der Waals surface area contributed by atoms with Gasteiger partial charge in [-0.25, -0.2) is 14.4 Å². The van der Waals surface area contributed by atoms with Gasteiger partial charge in [0.2, 0.25) is 0 Å². The van der Waals surface area contributed by atoms with Gasteiger partial charge in [0.15, 0.2) is 0 Å². The molecule has 0 aliphatic heterocycles. The van der Waals surface area contributed by atoms with Crippen LogP contribution in [-0.2, 0) is 6.42 Å². The first-order valence-corrected chi connectivity index (χ1v) is 5.85. The van der Waals surface area contributed by atoms with Gasteiger partial charge in [0, 0.05) is 23.7 Å². The molecule has 0 amide bonds. The van der Waals surface area contributed by atoms with E-state index in [-0.39, 0.29) is 5.82 Å². The molecule has 2 aromatic heterocycles. The van der Waals surface area contributed by atoms with Crippen LogP contribution in [0, 0.1) is 12.7 Å². The number of hydrogen-bond donors (Lipinski definition) is 1. The second-order valence-electron chi connectivity index (χ2n) is 4.14. The van der Waals surface area contributed by atoms with Gasteiger partial charge in [0.1, 0.15) is 17.5 Å². The van der Waals surface area contributed by atoms with E-state index in [1.165, 1.54) is 6.07 Å². The molecule has 5 heteroatoms. The molecule has 4 nitrogen and oxygen atoms in total. The molecule has 2 aromatic rings. The SMILES string of the molecule is CCCc1nc(N)c(C)c(-c2cncc(F)c2)n1. The number of aromatic nitrogens is 3. The van der Waals surface area contributed by atoms with Crippen LogP contribution in [0.25, 0.3) is 11.3 Å². The quantitative estimate of drug-likeness (QED) is 0.903. The Kier molecular flexibility index (Phi) is 3.50. The fourth-order valence-electron chi connectivity index (χ4n) is 1.74. The zero-order chi connectivity index (χ0) is 13.1. The van der Waals surface area contributed by atoms with Crippen LogP contribution < -0.4 is 5.73 Å². The van der Waals surface area contributed by atoms with Crippen molar-refractivity contribution in [2.75, 3.05) is 5.73 Å².